The maximum absolute atomic E-state index is 9.10. The Balaban J connectivity index is 0.000000664. The summed E-state index contributed by atoms with van der Waals surface area (Å²) in [5.74, 6) is -0.755. The quantitative estimate of drug-likeness (QED) is 0.158. The van der Waals surface area contributed by atoms with Crippen molar-refractivity contribution in [2.75, 3.05) is 67.5 Å². The summed E-state index contributed by atoms with van der Waals surface area (Å²) in [6.07, 6.45) is 10.7. The lowest BCUT2D eigenvalue weighted by molar-refractivity contribution is -0.577. The molecule has 280 valence electrons. The van der Waals surface area contributed by atoms with Crippen molar-refractivity contribution in [3.05, 3.63) is 0 Å². The summed E-state index contributed by atoms with van der Waals surface area (Å²) in [6, 6.07) is 0. The fourth-order valence-electron chi connectivity index (χ4n) is 8.60. The minimum Gasteiger partial charge on any atom is -0.473 e. The first-order valence-corrected chi connectivity index (χ1v) is 18.6. The Bertz CT molecular complexity index is 1270. The van der Waals surface area contributed by atoms with Crippen molar-refractivity contribution in [1.29, 1.82) is 0 Å². The lowest BCUT2D eigenvalue weighted by Crippen LogP contribution is -2.70. The number of ether oxygens (including phenoxy) is 3. The summed E-state index contributed by atoms with van der Waals surface area (Å²) in [5.41, 5.74) is -0.548. The fourth-order valence-corrected chi connectivity index (χ4v) is 8.60. The Morgan fingerprint density at radius 3 is 2.10 bits per heavy atom. The summed E-state index contributed by atoms with van der Waals surface area (Å²) >= 11 is 0. The highest BCUT2D eigenvalue weighted by Gasteiger charge is 2.69. The summed E-state index contributed by atoms with van der Waals surface area (Å²) in [6.45, 7) is 13.4. The zero-order valence-corrected chi connectivity index (χ0v) is 29.7. The number of fused-ring (bicyclic) bond motifs is 2. The number of rotatable bonds is 10. The second-order valence-electron chi connectivity index (χ2n) is 14.8. The molecule has 1 aliphatic carbocycles. The van der Waals surface area contributed by atoms with Gasteiger partial charge in [-0.05, 0) is 76.5 Å². The van der Waals surface area contributed by atoms with Crippen molar-refractivity contribution < 1.29 is 43.8 Å². The number of carboxylic acids is 2. The third-order valence-electron chi connectivity index (χ3n) is 11.3. The molecule has 16 nitrogen and oxygen atoms in total. The van der Waals surface area contributed by atoms with Crippen LogP contribution in [0.2, 0.25) is 0 Å². The van der Waals surface area contributed by atoms with Gasteiger partial charge in [-0.1, -0.05) is 13.8 Å². The van der Waals surface area contributed by atoms with E-state index in [-0.39, 0.29) is 18.1 Å². The second kappa shape index (κ2) is 16.2. The molecule has 0 aromatic carbocycles. The van der Waals surface area contributed by atoms with Gasteiger partial charge in [0.1, 0.15) is 0 Å². The van der Waals surface area contributed by atoms with Gasteiger partial charge >= 0.3 is 11.9 Å². The molecule has 0 radical (unpaired) electrons. The molecule has 0 amide bonds. The maximum Gasteiger partial charge on any atom is 0.414 e. The molecule has 6 aliphatic heterocycles. The van der Waals surface area contributed by atoms with Crippen LogP contribution >= 0.6 is 0 Å². The minimum atomic E-state index is -1.82. The molecule has 1 spiro atoms. The Morgan fingerprint density at radius 1 is 0.840 bits per heavy atom. The highest BCUT2D eigenvalue weighted by atomic mass is 17.3. The SMILES string of the molecule is C[C@H]1[C@@H](OCCNCCNc2nc(N3CCCCC3)nc(N3CCCCC3)n2)O[C@@H]2O[C@@]3(C)CC[C@H]4[C@H](C)CC[C@@H]1[C@@]24OO3.O=C(O)C(=O)O. The monoisotopic (exact) mass is 705 g/mol. The minimum absolute atomic E-state index is 0.185. The van der Waals surface area contributed by atoms with Crippen LogP contribution in [0.5, 0.6) is 0 Å². The van der Waals surface area contributed by atoms with E-state index in [1.807, 2.05) is 6.92 Å². The number of hydrogen-bond acceptors (Lipinski definition) is 14. The molecule has 1 aromatic rings. The van der Waals surface area contributed by atoms with Crippen LogP contribution in [0.25, 0.3) is 0 Å². The number of nitrogens with one attached hydrogen (secondary N) is 2. The van der Waals surface area contributed by atoms with Crippen molar-refractivity contribution in [2.24, 2.45) is 23.7 Å². The van der Waals surface area contributed by atoms with Gasteiger partial charge in [0.25, 0.3) is 0 Å². The van der Waals surface area contributed by atoms with Crippen molar-refractivity contribution in [3.63, 3.8) is 0 Å². The van der Waals surface area contributed by atoms with Crippen LogP contribution in [0.3, 0.4) is 0 Å². The number of aromatic nitrogens is 3. The summed E-state index contributed by atoms with van der Waals surface area (Å²) in [7, 11) is 0. The van der Waals surface area contributed by atoms with E-state index in [1.54, 1.807) is 0 Å². The Labute approximate surface area is 293 Å². The highest BCUT2D eigenvalue weighted by Crippen LogP contribution is 2.60. The van der Waals surface area contributed by atoms with E-state index >= 15 is 0 Å². The summed E-state index contributed by atoms with van der Waals surface area (Å²) in [5, 5.41) is 21.7. The van der Waals surface area contributed by atoms with Crippen LogP contribution in [0.1, 0.15) is 85.0 Å². The highest BCUT2D eigenvalue weighted by molar-refractivity contribution is 6.27. The van der Waals surface area contributed by atoms with Gasteiger partial charge in [-0.2, -0.15) is 15.0 Å². The normalized spacial score (nSPS) is 34.9. The van der Waals surface area contributed by atoms with Crippen molar-refractivity contribution in [3.8, 4) is 0 Å². The smallest absolute Gasteiger partial charge is 0.414 e. The predicted molar refractivity (Wildman–Crippen MR) is 181 cm³/mol. The zero-order valence-electron chi connectivity index (χ0n) is 29.7. The van der Waals surface area contributed by atoms with Crippen molar-refractivity contribution in [1.82, 2.24) is 20.3 Å². The summed E-state index contributed by atoms with van der Waals surface area (Å²) < 4.78 is 19.3. The molecule has 1 aromatic heterocycles. The number of anilines is 3. The molecular weight excluding hydrogens is 650 g/mol. The van der Waals surface area contributed by atoms with Gasteiger partial charge in [0.2, 0.25) is 23.6 Å². The van der Waals surface area contributed by atoms with E-state index in [0.29, 0.717) is 24.4 Å². The molecule has 16 heteroatoms. The fraction of sp³-hybridized carbons (Fsp3) is 0.853. The van der Waals surface area contributed by atoms with Gasteiger partial charge in [0.05, 0.1) is 6.61 Å². The molecule has 7 heterocycles. The van der Waals surface area contributed by atoms with Crippen molar-refractivity contribution in [2.45, 2.75) is 109 Å². The third kappa shape index (κ3) is 8.10. The average molecular weight is 706 g/mol. The number of aliphatic carboxylic acids is 2. The van der Waals surface area contributed by atoms with E-state index < -0.39 is 29.6 Å². The molecular formula is C34H55N7O9. The number of carbonyl (C=O) groups is 2. The Kier molecular flexibility index (Phi) is 11.9. The van der Waals surface area contributed by atoms with E-state index in [9.17, 15) is 0 Å². The van der Waals surface area contributed by atoms with Crippen molar-refractivity contribution >= 4 is 29.8 Å². The van der Waals surface area contributed by atoms with Crippen LogP contribution in [-0.4, -0.2) is 113 Å². The molecule has 4 N–H and O–H groups in total. The lowest BCUT2D eigenvalue weighted by atomic mass is 9.58. The second-order valence-corrected chi connectivity index (χ2v) is 14.8. The molecule has 2 bridgehead atoms. The zero-order chi connectivity index (χ0) is 35.3. The van der Waals surface area contributed by atoms with Gasteiger partial charge in [0, 0.05) is 64.1 Å². The van der Waals surface area contributed by atoms with Crippen LogP contribution < -0.4 is 20.4 Å². The first kappa shape index (κ1) is 36.9. The van der Waals surface area contributed by atoms with Gasteiger partial charge in [-0.15, -0.1) is 0 Å². The standard InChI is InChI=1S/C32H53N7O5.C2H2O4/c1-22-10-11-25-23(2)26(41-27-32(25)24(22)12-13-31(3,42-27)43-44-32)40-21-16-33-14-15-34-28-35-29(38-17-6-4-7-18-38)37-30(36-28)39-19-8-5-9-20-39;3-1(4)2(5)6/h22-27,33H,4-21H2,1-3H3,(H,34,35,36,37);(H,3,4)(H,5,6)/t22-,23-,24+,25+,26+,27-,31-,32-;/m1./s1. The van der Waals surface area contributed by atoms with E-state index in [1.165, 1.54) is 44.9 Å². The first-order chi connectivity index (χ1) is 24.1. The van der Waals surface area contributed by atoms with E-state index in [0.717, 1.165) is 77.0 Å². The largest absolute Gasteiger partial charge is 0.473 e. The first-order valence-electron chi connectivity index (χ1n) is 18.6. The number of hydrogen-bond donors (Lipinski definition) is 4. The third-order valence-corrected chi connectivity index (χ3v) is 11.3. The van der Waals surface area contributed by atoms with Gasteiger partial charge < -0.3 is 44.9 Å². The van der Waals surface area contributed by atoms with E-state index in [2.05, 4.69) is 34.3 Å². The lowest BCUT2D eigenvalue weighted by Gasteiger charge is -2.60. The predicted octanol–water partition coefficient (Wildman–Crippen LogP) is 3.23. The number of nitrogens with zero attached hydrogens (tertiary/aromatic N) is 5. The molecule has 0 unspecified atom stereocenters. The van der Waals surface area contributed by atoms with Gasteiger partial charge in [0.15, 0.2) is 18.2 Å². The van der Waals surface area contributed by atoms with Crippen LogP contribution in [0.15, 0.2) is 0 Å². The topological polar surface area (TPSA) is 190 Å². The maximum atomic E-state index is 9.10. The van der Waals surface area contributed by atoms with E-state index in [4.69, 9.17) is 58.7 Å². The van der Waals surface area contributed by atoms with Gasteiger partial charge in [-0.3, -0.25) is 0 Å². The van der Waals surface area contributed by atoms with Crippen LogP contribution in [0.4, 0.5) is 17.8 Å². The number of piperidine rings is 2. The van der Waals surface area contributed by atoms with Gasteiger partial charge in [-0.25, -0.2) is 19.4 Å². The molecule has 1 saturated carbocycles. The molecule has 6 saturated heterocycles. The molecule has 7 fully saturated rings. The molecule has 50 heavy (non-hydrogen) atoms. The Morgan fingerprint density at radius 2 is 1.48 bits per heavy atom. The summed E-state index contributed by atoms with van der Waals surface area (Å²) in [4.78, 5) is 49.5. The van der Waals surface area contributed by atoms with Crippen LogP contribution in [-0.2, 0) is 33.6 Å². The number of carboxylic acid groups (broad SMARTS) is 2. The van der Waals surface area contributed by atoms with Crippen LogP contribution in [0, 0.1) is 23.7 Å². The molecule has 8 rings (SSSR count). The molecule has 8 atom stereocenters. The molecule has 7 aliphatic rings. The Hall–Kier alpha value is -2.89. The average Bonchev–Trinajstić information content (AvgIpc) is 3.36.